The predicted octanol–water partition coefficient (Wildman–Crippen LogP) is 2.89. The number of amides is 1. The molecule has 27 heavy (non-hydrogen) atoms. The third-order valence-electron chi connectivity index (χ3n) is 6.86. The zero-order chi connectivity index (χ0) is 20.0. The van der Waals surface area contributed by atoms with Crippen LogP contribution in [-0.2, 0) is 9.53 Å². The Morgan fingerprint density at radius 3 is 2.52 bits per heavy atom. The molecule has 1 amide bonds. The average molecular weight is 382 g/mol. The van der Waals surface area contributed by atoms with E-state index in [9.17, 15) is 19.8 Å². The molecule has 0 unspecified atom stereocenters. The summed E-state index contributed by atoms with van der Waals surface area (Å²) in [5.74, 6) is 0.410. The topological polar surface area (TPSA) is 87.1 Å². The van der Waals surface area contributed by atoms with Crippen LogP contribution in [-0.4, -0.2) is 57.4 Å². The van der Waals surface area contributed by atoms with E-state index in [1.807, 2.05) is 20.8 Å². The molecular formula is C21H35NO5. The van der Waals surface area contributed by atoms with Crippen LogP contribution in [0.4, 0.5) is 4.79 Å². The van der Waals surface area contributed by atoms with Crippen LogP contribution in [0, 0.1) is 17.3 Å². The van der Waals surface area contributed by atoms with Crippen molar-refractivity contribution in [1.82, 2.24) is 4.90 Å². The van der Waals surface area contributed by atoms with Gasteiger partial charge in [-0.05, 0) is 71.1 Å². The highest BCUT2D eigenvalue weighted by Gasteiger charge is 2.69. The van der Waals surface area contributed by atoms with Crippen LogP contribution in [0.1, 0.15) is 72.6 Å². The molecule has 3 fully saturated rings. The van der Waals surface area contributed by atoms with Crippen molar-refractivity contribution >= 4 is 11.9 Å². The first kappa shape index (κ1) is 20.6. The van der Waals surface area contributed by atoms with Gasteiger partial charge in [0.2, 0.25) is 0 Å². The molecular weight excluding hydrogens is 346 g/mol. The van der Waals surface area contributed by atoms with Crippen LogP contribution in [0.25, 0.3) is 0 Å². The van der Waals surface area contributed by atoms with Gasteiger partial charge >= 0.3 is 6.09 Å². The van der Waals surface area contributed by atoms with Gasteiger partial charge in [-0.25, -0.2) is 4.79 Å². The Morgan fingerprint density at radius 1 is 1.22 bits per heavy atom. The average Bonchev–Trinajstić information content (AvgIpc) is 2.69. The number of aliphatic hydroxyl groups excluding tert-OH is 1. The van der Waals surface area contributed by atoms with Gasteiger partial charge in [-0.3, -0.25) is 4.79 Å². The van der Waals surface area contributed by atoms with E-state index >= 15 is 0 Å². The van der Waals surface area contributed by atoms with Crippen molar-refractivity contribution in [3.05, 3.63) is 0 Å². The summed E-state index contributed by atoms with van der Waals surface area (Å²) < 4.78 is 5.50. The van der Waals surface area contributed by atoms with Crippen molar-refractivity contribution in [3.63, 3.8) is 0 Å². The number of rotatable bonds is 0. The van der Waals surface area contributed by atoms with Gasteiger partial charge in [0, 0.05) is 19.5 Å². The van der Waals surface area contributed by atoms with E-state index in [0.29, 0.717) is 57.5 Å². The third-order valence-corrected chi connectivity index (χ3v) is 6.86. The molecule has 154 valence electrons. The fourth-order valence-corrected chi connectivity index (χ4v) is 5.88. The molecule has 1 heterocycles. The third kappa shape index (κ3) is 3.51. The van der Waals surface area contributed by atoms with Gasteiger partial charge in [0.15, 0.2) is 0 Å². The standard InChI is InChI=1S/C21H35NO5/c1-14-11-15-12-17(24)21(26,13-14)20(15)8-6-10-22(9-5-7-16(20)23)18(25)27-19(2,3)4/h14-15,17,24,26H,5-13H2,1-4H3/t14-,15+,17+,20+,21-/m1/s1. The summed E-state index contributed by atoms with van der Waals surface area (Å²) >= 11 is 0. The predicted molar refractivity (Wildman–Crippen MR) is 101 cm³/mol. The van der Waals surface area contributed by atoms with Crippen molar-refractivity contribution in [3.8, 4) is 0 Å². The van der Waals surface area contributed by atoms with Gasteiger partial charge in [0.1, 0.15) is 17.0 Å². The van der Waals surface area contributed by atoms with E-state index in [2.05, 4.69) is 6.92 Å². The smallest absolute Gasteiger partial charge is 0.410 e. The zero-order valence-electron chi connectivity index (χ0n) is 17.2. The van der Waals surface area contributed by atoms with Crippen molar-refractivity contribution in [2.75, 3.05) is 13.1 Å². The van der Waals surface area contributed by atoms with Gasteiger partial charge in [-0.15, -0.1) is 0 Å². The van der Waals surface area contributed by atoms with Gasteiger partial charge in [-0.2, -0.15) is 0 Å². The van der Waals surface area contributed by atoms with Crippen molar-refractivity contribution in [1.29, 1.82) is 0 Å². The molecule has 1 aliphatic heterocycles. The van der Waals surface area contributed by atoms with E-state index in [-0.39, 0.29) is 17.8 Å². The number of ether oxygens (including phenoxy) is 1. The quantitative estimate of drug-likeness (QED) is 0.674. The van der Waals surface area contributed by atoms with Crippen LogP contribution < -0.4 is 0 Å². The fraction of sp³-hybridized carbons (Fsp3) is 0.905. The second-order valence-corrected chi connectivity index (χ2v) is 9.99. The molecule has 5 atom stereocenters. The Morgan fingerprint density at radius 2 is 1.89 bits per heavy atom. The van der Waals surface area contributed by atoms with E-state index in [4.69, 9.17) is 4.74 Å². The lowest BCUT2D eigenvalue weighted by molar-refractivity contribution is -0.178. The normalized spacial score (nSPS) is 40.4. The minimum absolute atomic E-state index is 0.0295. The molecule has 0 aromatic heterocycles. The lowest BCUT2D eigenvalue weighted by Gasteiger charge is -2.50. The van der Waals surface area contributed by atoms with E-state index in [1.54, 1.807) is 4.90 Å². The van der Waals surface area contributed by atoms with Crippen LogP contribution >= 0.6 is 0 Å². The van der Waals surface area contributed by atoms with Crippen LogP contribution in [0.5, 0.6) is 0 Å². The minimum atomic E-state index is -1.33. The van der Waals surface area contributed by atoms with Crippen LogP contribution in [0.2, 0.25) is 0 Å². The lowest BCUT2D eigenvalue weighted by Crippen LogP contribution is -2.59. The summed E-state index contributed by atoms with van der Waals surface area (Å²) in [6.07, 6.45) is 2.73. The molecule has 2 N–H and O–H groups in total. The van der Waals surface area contributed by atoms with E-state index < -0.39 is 22.7 Å². The highest BCUT2D eigenvalue weighted by atomic mass is 16.6. The lowest BCUT2D eigenvalue weighted by atomic mass is 9.55. The highest BCUT2D eigenvalue weighted by molar-refractivity contribution is 5.87. The second-order valence-electron chi connectivity index (χ2n) is 9.99. The number of aliphatic hydroxyl groups is 2. The molecule has 0 radical (unpaired) electrons. The largest absolute Gasteiger partial charge is 0.444 e. The molecule has 3 rings (SSSR count). The minimum Gasteiger partial charge on any atom is -0.444 e. The Labute approximate surface area is 162 Å². The van der Waals surface area contributed by atoms with Gasteiger partial charge in [-0.1, -0.05) is 6.92 Å². The number of ketones is 1. The number of nitrogens with zero attached hydrogens (tertiary/aromatic N) is 1. The first-order valence-corrected chi connectivity index (χ1v) is 10.4. The molecule has 0 aromatic rings. The number of hydrogen-bond acceptors (Lipinski definition) is 5. The Balaban J connectivity index is 1.81. The molecule has 3 aliphatic rings. The SMILES string of the molecule is C[C@@H]1C[C@H]2C[C@H](O)[C@](O)(C1)[C@@]21CCCN(C(=O)OC(C)(C)C)CCCC1=O. The fourth-order valence-electron chi connectivity index (χ4n) is 5.88. The zero-order valence-corrected chi connectivity index (χ0v) is 17.2. The summed E-state index contributed by atoms with van der Waals surface area (Å²) in [6, 6.07) is 0. The number of hydrogen-bond donors (Lipinski definition) is 2. The molecule has 1 spiro atoms. The maximum absolute atomic E-state index is 13.3. The van der Waals surface area contributed by atoms with E-state index in [0.717, 1.165) is 6.42 Å². The summed E-state index contributed by atoms with van der Waals surface area (Å²) in [6.45, 7) is 8.62. The molecule has 6 heteroatoms. The van der Waals surface area contributed by atoms with Crippen LogP contribution in [0.3, 0.4) is 0 Å². The maximum atomic E-state index is 13.3. The monoisotopic (exact) mass is 381 g/mol. The number of carbonyl (C=O) groups excluding carboxylic acids is 2. The first-order chi connectivity index (χ1) is 12.5. The highest BCUT2D eigenvalue weighted by Crippen LogP contribution is 2.62. The van der Waals surface area contributed by atoms with Crippen LogP contribution in [0.15, 0.2) is 0 Å². The van der Waals surface area contributed by atoms with Gasteiger partial charge in [0.05, 0.1) is 11.5 Å². The maximum Gasteiger partial charge on any atom is 0.410 e. The number of carbonyl (C=O) groups is 2. The summed E-state index contributed by atoms with van der Waals surface area (Å²) in [4.78, 5) is 27.5. The summed E-state index contributed by atoms with van der Waals surface area (Å²) in [5, 5.41) is 22.1. The summed E-state index contributed by atoms with van der Waals surface area (Å²) in [5.41, 5.74) is -2.74. The Bertz CT molecular complexity index is 600. The Hall–Kier alpha value is -1.14. The molecule has 2 aliphatic carbocycles. The van der Waals surface area contributed by atoms with E-state index in [1.165, 1.54) is 0 Å². The first-order valence-electron chi connectivity index (χ1n) is 10.4. The van der Waals surface area contributed by atoms with Crippen molar-refractivity contribution < 1.29 is 24.5 Å². The molecule has 2 saturated carbocycles. The second kappa shape index (κ2) is 7.03. The molecule has 2 bridgehead atoms. The summed E-state index contributed by atoms with van der Waals surface area (Å²) in [7, 11) is 0. The van der Waals surface area contributed by atoms with Crippen molar-refractivity contribution in [2.45, 2.75) is 89.9 Å². The van der Waals surface area contributed by atoms with Gasteiger partial charge < -0.3 is 19.8 Å². The molecule has 1 saturated heterocycles. The molecule has 0 aromatic carbocycles. The van der Waals surface area contributed by atoms with Crippen molar-refractivity contribution in [2.24, 2.45) is 17.3 Å². The Kier molecular flexibility index (Phi) is 5.36. The van der Waals surface area contributed by atoms with Gasteiger partial charge in [0.25, 0.3) is 0 Å². The molecule has 6 nitrogen and oxygen atoms in total. The number of Topliss-reactive ketones (excluding diaryl/α,β-unsaturated/α-hetero) is 1.